The van der Waals surface area contributed by atoms with E-state index in [-0.39, 0.29) is 24.0 Å². The third kappa shape index (κ3) is 3.17. The van der Waals surface area contributed by atoms with Gasteiger partial charge in [0, 0.05) is 17.5 Å². The highest BCUT2D eigenvalue weighted by Crippen LogP contribution is 2.40. The highest BCUT2D eigenvalue weighted by Gasteiger charge is 2.31. The van der Waals surface area contributed by atoms with Crippen LogP contribution in [0.3, 0.4) is 0 Å². The molecule has 0 fully saturated rings. The molecule has 0 amide bonds. The number of hydrogen-bond acceptors (Lipinski definition) is 3. The van der Waals surface area contributed by atoms with Crippen LogP contribution in [0.2, 0.25) is 0 Å². The van der Waals surface area contributed by atoms with Crippen molar-refractivity contribution in [2.24, 2.45) is 0 Å². The van der Waals surface area contributed by atoms with Crippen molar-refractivity contribution in [1.29, 1.82) is 0 Å². The Morgan fingerprint density at radius 1 is 1.32 bits per heavy atom. The summed E-state index contributed by atoms with van der Waals surface area (Å²) in [6.07, 6.45) is 0.988. The number of aliphatic hydroxyl groups is 1. The van der Waals surface area contributed by atoms with E-state index in [1.54, 1.807) is 0 Å². The van der Waals surface area contributed by atoms with Gasteiger partial charge in [0.15, 0.2) is 0 Å². The molecule has 0 bridgehead atoms. The molecular formula is C22H21FINO3. The number of aliphatic hydroxyl groups excluding tert-OH is 1. The number of aryl methyl sites for hydroxylation is 2. The zero-order valence-corrected chi connectivity index (χ0v) is 17.7. The van der Waals surface area contributed by atoms with Crippen molar-refractivity contribution in [2.75, 3.05) is 0 Å². The second kappa shape index (κ2) is 7.93. The molecule has 4 nitrogen and oxygen atoms in total. The minimum atomic E-state index is -0.384. The second-order valence-corrected chi connectivity index (χ2v) is 8.04. The number of fused-ring (bicyclic) bond motifs is 3. The van der Waals surface area contributed by atoms with Gasteiger partial charge in [-0.05, 0) is 59.5 Å². The lowest BCUT2D eigenvalue weighted by Crippen LogP contribution is -2.20. The molecule has 4 rings (SSSR count). The normalized spacial score (nSPS) is 15.9. The minimum absolute atomic E-state index is 0.222. The molecule has 0 saturated carbocycles. The Bertz CT molecular complexity index is 1090. The first-order valence-corrected chi connectivity index (χ1v) is 10.5. The summed E-state index contributed by atoms with van der Waals surface area (Å²) >= 11 is 1.95. The van der Waals surface area contributed by atoms with Gasteiger partial charge in [0.05, 0.1) is 34.1 Å². The van der Waals surface area contributed by atoms with Gasteiger partial charge in [0.2, 0.25) is 5.43 Å². The monoisotopic (exact) mass is 493 g/mol. The van der Waals surface area contributed by atoms with Crippen LogP contribution in [0.4, 0.5) is 4.39 Å². The van der Waals surface area contributed by atoms with Gasteiger partial charge >= 0.3 is 0 Å². The number of rotatable bonds is 5. The van der Waals surface area contributed by atoms with Crippen molar-refractivity contribution in [3.63, 3.8) is 0 Å². The number of aromatic nitrogens is 1. The molecule has 1 aliphatic carbocycles. The predicted molar refractivity (Wildman–Crippen MR) is 115 cm³/mol. The highest BCUT2D eigenvalue weighted by atomic mass is 127. The first-order valence-electron chi connectivity index (χ1n) is 9.39. The van der Waals surface area contributed by atoms with Crippen LogP contribution in [-0.2, 0) is 30.9 Å². The smallest absolute Gasteiger partial charge is 0.203 e. The van der Waals surface area contributed by atoms with Gasteiger partial charge in [0.1, 0.15) is 5.82 Å². The van der Waals surface area contributed by atoms with Crippen molar-refractivity contribution in [1.82, 2.24) is 4.57 Å². The number of halogens is 2. The van der Waals surface area contributed by atoms with E-state index >= 15 is 4.39 Å². The standard InChI is InChI=1S/C22H21FINO3/c1-2-25-17(11-26)20(24)22(27)15-10-16(23)19-14(21(15)25)8-9-18(19)28-12-13-6-4-3-5-7-13/h3-7,10,18,26H,2,8-9,11-12H2,1H3. The Morgan fingerprint density at radius 3 is 2.75 bits per heavy atom. The summed E-state index contributed by atoms with van der Waals surface area (Å²) < 4.78 is 23.5. The van der Waals surface area contributed by atoms with Crippen LogP contribution < -0.4 is 5.43 Å². The third-order valence-corrected chi connectivity index (χ3v) is 6.54. The van der Waals surface area contributed by atoms with Crippen LogP contribution in [0.15, 0.2) is 41.2 Å². The molecule has 0 spiro atoms. The van der Waals surface area contributed by atoms with Gasteiger partial charge in [-0.25, -0.2) is 4.39 Å². The van der Waals surface area contributed by atoms with Gasteiger partial charge in [-0.15, -0.1) is 0 Å². The summed E-state index contributed by atoms with van der Waals surface area (Å²) in [7, 11) is 0. The van der Waals surface area contributed by atoms with Crippen molar-refractivity contribution >= 4 is 33.5 Å². The maximum Gasteiger partial charge on any atom is 0.203 e. The van der Waals surface area contributed by atoms with E-state index in [0.717, 1.165) is 16.6 Å². The quantitative estimate of drug-likeness (QED) is 0.535. The van der Waals surface area contributed by atoms with E-state index in [9.17, 15) is 9.90 Å². The number of hydrogen-bond donors (Lipinski definition) is 1. The molecule has 1 unspecified atom stereocenters. The molecular weight excluding hydrogens is 472 g/mol. The van der Waals surface area contributed by atoms with E-state index in [1.807, 2.05) is 64.4 Å². The first kappa shape index (κ1) is 19.5. The van der Waals surface area contributed by atoms with Gasteiger partial charge in [-0.3, -0.25) is 4.79 Å². The summed E-state index contributed by atoms with van der Waals surface area (Å²) in [6, 6.07) is 11.2. The fourth-order valence-corrected chi connectivity index (χ4v) is 4.91. The van der Waals surface area contributed by atoms with E-state index in [2.05, 4.69) is 0 Å². The lowest BCUT2D eigenvalue weighted by molar-refractivity contribution is 0.0390. The number of ether oxygens (including phenoxy) is 1. The summed E-state index contributed by atoms with van der Waals surface area (Å²) in [5.74, 6) is -0.384. The van der Waals surface area contributed by atoms with E-state index in [4.69, 9.17) is 4.74 Å². The van der Waals surface area contributed by atoms with E-state index in [1.165, 1.54) is 6.07 Å². The summed E-state index contributed by atoms with van der Waals surface area (Å²) in [5.41, 5.74) is 3.52. The lowest BCUT2D eigenvalue weighted by atomic mass is 10.0. The summed E-state index contributed by atoms with van der Waals surface area (Å²) in [4.78, 5) is 12.8. The molecule has 0 radical (unpaired) electrons. The molecule has 1 atom stereocenters. The van der Waals surface area contributed by atoms with E-state index in [0.29, 0.717) is 46.2 Å². The molecule has 146 valence electrons. The Hall–Kier alpha value is -1.77. The van der Waals surface area contributed by atoms with Crippen LogP contribution in [0, 0.1) is 9.39 Å². The molecule has 6 heteroatoms. The Labute approximate surface area is 176 Å². The second-order valence-electron chi connectivity index (χ2n) is 6.96. The average Bonchev–Trinajstić information content (AvgIpc) is 3.14. The van der Waals surface area contributed by atoms with Gasteiger partial charge < -0.3 is 14.4 Å². The van der Waals surface area contributed by atoms with Crippen LogP contribution in [0.5, 0.6) is 0 Å². The fraction of sp³-hybridized carbons (Fsp3) is 0.318. The molecule has 1 N–H and O–H groups in total. The maximum atomic E-state index is 15.0. The largest absolute Gasteiger partial charge is 0.390 e. The average molecular weight is 493 g/mol. The van der Waals surface area contributed by atoms with Gasteiger partial charge in [-0.1, -0.05) is 30.3 Å². The van der Waals surface area contributed by atoms with Crippen molar-refractivity contribution < 1.29 is 14.2 Å². The third-order valence-electron chi connectivity index (χ3n) is 5.43. The lowest BCUT2D eigenvalue weighted by Gasteiger charge is -2.20. The Kier molecular flexibility index (Phi) is 5.53. The fourth-order valence-electron chi connectivity index (χ4n) is 4.15. The van der Waals surface area contributed by atoms with Crippen LogP contribution in [0.25, 0.3) is 10.9 Å². The zero-order valence-electron chi connectivity index (χ0n) is 15.5. The van der Waals surface area contributed by atoms with E-state index < -0.39 is 0 Å². The predicted octanol–water partition coefficient (Wildman–Crippen LogP) is 4.46. The summed E-state index contributed by atoms with van der Waals surface area (Å²) in [5, 5.41) is 10.2. The molecule has 1 heterocycles. The molecule has 3 aromatic rings. The summed E-state index contributed by atoms with van der Waals surface area (Å²) in [6.45, 7) is 2.75. The van der Waals surface area contributed by atoms with Crippen molar-refractivity contribution in [2.45, 2.75) is 45.6 Å². The number of nitrogens with zero attached hydrogens (tertiary/aromatic N) is 1. The molecule has 28 heavy (non-hydrogen) atoms. The minimum Gasteiger partial charge on any atom is -0.390 e. The molecule has 0 saturated heterocycles. The van der Waals surface area contributed by atoms with Crippen molar-refractivity contribution in [3.05, 3.63) is 78.4 Å². The molecule has 2 aromatic carbocycles. The van der Waals surface area contributed by atoms with Crippen molar-refractivity contribution in [3.8, 4) is 0 Å². The number of benzene rings is 2. The van der Waals surface area contributed by atoms with Crippen LogP contribution in [-0.4, -0.2) is 9.67 Å². The Balaban J connectivity index is 1.84. The van der Waals surface area contributed by atoms with Crippen LogP contribution >= 0.6 is 22.6 Å². The highest BCUT2D eigenvalue weighted by molar-refractivity contribution is 14.1. The molecule has 1 aromatic heterocycles. The first-order chi connectivity index (χ1) is 13.6. The number of pyridine rings is 1. The Morgan fingerprint density at radius 2 is 2.07 bits per heavy atom. The van der Waals surface area contributed by atoms with Crippen LogP contribution in [0.1, 0.15) is 41.8 Å². The molecule has 1 aliphatic rings. The molecule has 0 aliphatic heterocycles. The maximum absolute atomic E-state index is 15.0. The van der Waals surface area contributed by atoms with Gasteiger partial charge in [-0.2, -0.15) is 0 Å². The SMILES string of the molecule is CCn1c(CO)c(I)c(=O)c2cc(F)c3c(c21)CCC3OCc1ccccc1. The zero-order chi connectivity index (χ0) is 19.8. The van der Waals surface area contributed by atoms with Gasteiger partial charge in [0.25, 0.3) is 0 Å². The topological polar surface area (TPSA) is 51.5 Å².